The molecule has 1 aliphatic rings. The van der Waals surface area contributed by atoms with E-state index in [-0.39, 0.29) is 17.5 Å². The lowest BCUT2D eigenvalue weighted by atomic mass is 10.2. The number of aryl methyl sites for hydroxylation is 1. The first kappa shape index (κ1) is 14.2. The number of hydrogen-bond donors (Lipinski definition) is 0. The van der Waals surface area contributed by atoms with Gasteiger partial charge in [0, 0.05) is 25.6 Å². The van der Waals surface area contributed by atoms with Gasteiger partial charge in [-0.3, -0.25) is 10.1 Å². The topological polar surface area (TPSA) is 114 Å². The third-order valence-electron chi connectivity index (χ3n) is 3.28. The maximum atomic E-state index is 12.0. The lowest BCUT2D eigenvalue weighted by Crippen LogP contribution is -2.24. The Bertz CT molecular complexity index is 762. The number of nitro benzene ring substituents is 1. The van der Waals surface area contributed by atoms with Crippen LogP contribution < -0.4 is 10.4 Å². The first-order valence-electron chi connectivity index (χ1n) is 6.58. The number of hydrogen-bond acceptors (Lipinski definition) is 7. The summed E-state index contributed by atoms with van der Waals surface area (Å²) in [7, 11) is 1.44. The highest BCUT2D eigenvalue weighted by Gasteiger charge is 2.22. The smallest absolute Gasteiger partial charge is 0.368 e. The molecule has 0 N–H and O–H groups in total. The van der Waals surface area contributed by atoms with E-state index in [0.717, 1.165) is 9.36 Å². The fourth-order valence-electron chi connectivity index (χ4n) is 2.13. The SMILES string of the molecule is Cn1nnn(-c2cc([N+](=O)[O-])ccc2OC2CCOC2)c1=O. The van der Waals surface area contributed by atoms with E-state index >= 15 is 0 Å². The largest absolute Gasteiger partial charge is 0.486 e. The molecule has 0 spiro atoms. The number of tetrazole rings is 1. The van der Waals surface area contributed by atoms with Crippen LogP contribution in [0.5, 0.6) is 5.75 Å². The molecule has 0 bridgehead atoms. The van der Waals surface area contributed by atoms with Gasteiger partial charge in [0.25, 0.3) is 5.69 Å². The molecule has 0 radical (unpaired) electrons. The van der Waals surface area contributed by atoms with Crippen molar-refractivity contribution < 1.29 is 14.4 Å². The fourth-order valence-corrected chi connectivity index (χ4v) is 2.13. The first-order chi connectivity index (χ1) is 10.6. The Morgan fingerprint density at radius 2 is 2.27 bits per heavy atom. The fraction of sp³-hybridized carbons (Fsp3) is 0.417. The second kappa shape index (κ2) is 5.56. The van der Waals surface area contributed by atoms with Gasteiger partial charge in [-0.25, -0.2) is 4.79 Å². The molecule has 10 nitrogen and oxygen atoms in total. The molecule has 1 fully saturated rings. The maximum absolute atomic E-state index is 12.0. The predicted molar refractivity (Wildman–Crippen MR) is 73.1 cm³/mol. The average Bonchev–Trinajstić information content (AvgIpc) is 3.11. The summed E-state index contributed by atoms with van der Waals surface area (Å²) in [6.07, 6.45) is 0.554. The number of nitrogens with zero attached hydrogens (tertiary/aromatic N) is 5. The number of rotatable bonds is 4. The molecule has 0 saturated carbocycles. The van der Waals surface area contributed by atoms with Gasteiger partial charge in [0.2, 0.25) is 0 Å². The molecule has 2 heterocycles. The highest BCUT2D eigenvalue weighted by atomic mass is 16.6. The molecule has 1 aliphatic heterocycles. The highest BCUT2D eigenvalue weighted by Crippen LogP contribution is 2.28. The molecule has 1 aromatic carbocycles. The molecule has 3 rings (SSSR count). The Kier molecular flexibility index (Phi) is 3.59. The standard InChI is InChI=1S/C12H13N5O5/c1-15-12(18)16(14-13-15)10-6-8(17(19)20)2-3-11(10)22-9-4-5-21-7-9/h2-3,6,9H,4-5,7H2,1H3. The predicted octanol–water partition coefficient (Wildman–Crippen LogP) is 0.0419. The third-order valence-corrected chi connectivity index (χ3v) is 3.28. The van der Waals surface area contributed by atoms with Crippen LogP contribution in [0.3, 0.4) is 0 Å². The van der Waals surface area contributed by atoms with Gasteiger partial charge in [0.15, 0.2) is 0 Å². The van der Waals surface area contributed by atoms with Gasteiger partial charge in [0.05, 0.1) is 18.1 Å². The Balaban J connectivity index is 2.06. The summed E-state index contributed by atoms with van der Waals surface area (Å²) in [5, 5.41) is 18.3. The second-order valence-electron chi connectivity index (χ2n) is 4.81. The van der Waals surface area contributed by atoms with E-state index in [1.807, 2.05) is 0 Å². The molecule has 0 amide bonds. The summed E-state index contributed by atoms with van der Waals surface area (Å²) < 4.78 is 13.0. The van der Waals surface area contributed by atoms with Gasteiger partial charge < -0.3 is 9.47 Å². The van der Waals surface area contributed by atoms with Gasteiger partial charge in [-0.05, 0) is 16.5 Å². The Morgan fingerprint density at radius 1 is 1.45 bits per heavy atom. The summed E-state index contributed by atoms with van der Waals surface area (Å²) in [6.45, 7) is 1.03. The zero-order valence-corrected chi connectivity index (χ0v) is 11.7. The Hall–Kier alpha value is -2.75. The lowest BCUT2D eigenvalue weighted by Gasteiger charge is -2.14. The molecular weight excluding hydrogens is 294 g/mol. The number of ether oxygens (including phenoxy) is 2. The number of aromatic nitrogens is 4. The van der Waals surface area contributed by atoms with Crippen LogP contribution in [0.4, 0.5) is 5.69 Å². The first-order valence-corrected chi connectivity index (χ1v) is 6.58. The van der Waals surface area contributed by atoms with Gasteiger partial charge >= 0.3 is 5.69 Å². The zero-order chi connectivity index (χ0) is 15.7. The minimum absolute atomic E-state index is 0.160. The molecule has 0 aliphatic carbocycles. The van der Waals surface area contributed by atoms with E-state index in [1.54, 1.807) is 0 Å². The van der Waals surface area contributed by atoms with Crippen LogP contribution in [0.1, 0.15) is 6.42 Å². The molecular formula is C12H13N5O5. The van der Waals surface area contributed by atoms with Crippen molar-refractivity contribution in [1.82, 2.24) is 19.8 Å². The number of nitro groups is 1. The van der Waals surface area contributed by atoms with Crippen LogP contribution in [-0.4, -0.2) is 44.0 Å². The lowest BCUT2D eigenvalue weighted by molar-refractivity contribution is -0.384. The van der Waals surface area contributed by atoms with E-state index in [1.165, 1.54) is 25.2 Å². The molecule has 116 valence electrons. The molecule has 1 aromatic heterocycles. The van der Waals surface area contributed by atoms with Crippen LogP contribution in [0.15, 0.2) is 23.0 Å². The van der Waals surface area contributed by atoms with Gasteiger partial charge in [-0.15, -0.1) is 0 Å². The molecule has 22 heavy (non-hydrogen) atoms. The van der Waals surface area contributed by atoms with Crippen molar-refractivity contribution in [2.75, 3.05) is 13.2 Å². The van der Waals surface area contributed by atoms with E-state index < -0.39 is 10.6 Å². The number of non-ortho nitro benzene ring substituents is 1. The van der Waals surface area contributed by atoms with Crippen LogP contribution in [0.25, 0.3) is 5.69 Å². The van der Waals surface area contributed by atoms with Crippen molar-refractivity contribution in [1.29, 1.82) is 0 Å². The highest BCUT2D eigenvalue weighted by molar-refractivity contribution is 5.53. The van der Waals surface area contributed by atoms with E-state index in [2.05, 4.69) is 10.4 Å². The van der Waals surface area contributed by atoms with E-state index in [0.29, 0.717) is 25.4 Å². The Labute approximate surface area is 124 Å². The summed E-state index contributed by atoms with van der Waals surface area (Å²) in [4.78, 5) is 22.4. The molecule has 1 saturated heterocycles. The van der Waals surface area contributed by atoms with Crippen LogP contribution in [0, 0.1) is 10.1 Å². The quantitative estimate of drug-likeness (QED) is 0.578. The van der Waals surface area contributed by atoms with Gasteiger partial charge in [0.1, 0.15) is 17.5 Å². The molecule has 1 atom stereocenters. The van der Waals surface area contributed by atoms with Crippen LogP contribution in [0.2, 0.25) is 0 Å². The summed E-state index contributed by atoms with van der Waals surface area (Å²) >= 11 is 0. The summed E-state index contributed by atoms with van der Waals surface area (Å²) in [6, 6.07) is 4.00. The summed E-state index contributed by atoms with van der Waals surface area (Å²) in [5.41, 5.74) is -0.505. The van der Waals surface area contributed by atoms with E-state index in [4.69, 9.17) is 9.47 Å². The van der Waals surface area contributed by atoms with Gasteiger partial charge in [-0.2, -0.15) is 9.36 Å². The minimum Gasteiger partial charge on any atom is -0.486 e. The molecule has 10 heteroatoms. The van der Waals surface area contributed by atoms with Crippen LogP contribution in [-0.2, 0) is 11.8 Å². The van der Waals surface area contributed by atoms with E-state index in [9.17, 15) is 14.9 Å². The summed E-state index contributed by atoms with van der Waals surface area (Å²) in [5.74, 6) is 0.323. The molecule has 2 aromatic rings. The second-order valence-corrected chi connectivity index (χ2v) is 4.81. The van der Waals surface area contributed by atoms with Crippen molar-refractivity contribution in [2.24, 2.45) is 7.05 Å². The maximum Gasteiger partial charge on any atom is 0.368 e. The Morgan fingerprint density at radius 3 is 2.86 bits per heavy atom. The molecule has 1 unspecified atom stereocenters. The van der Waals surface area contributed by atoms with Crippen molar-refractivity contribution in [3.8, 4) is 11.4 Å². The third kappa shape index (κ3) is 2.55. The minimum atomic E-state index is -0.548. The van der Waals surface area contributed by atoms with Gasteiger partial charge in [-0.1, -0.05) is 0 Å². The average molecular weight is 307 g/mol. The van der Waals surface area contributed by atoms with Crippen molar-refractivity contribution in [3.63, 3.8) is 0 Å². The van der Waals surface area contributed by atoms with Crippen molar-refractivity contribution >= 4 is 5.69 Å². The normalized spacial score (nSPS) is 17.6. The van der Waals surface area contributed by atoms with Crippen molar-refractivity contribution in [3.05, 3.63) is 38.8 Å². The zero-order valence-electron chi connectivity index (χ0n) is 11.7. The van der Waals surface area contributed by atoms with Crippen molar-refractivity contribution in [2.45, 2.75) is 12.5 Å². The monoisotopic (exact) mass is 307 g/mol. The number of benzene rings is 1. The van der Waals surface area contributed by atoms with Crippen LogP contribution >= 0.6 is 0 Å².